The van der Waals surface area contributed by atoms with Crippen LogP contribution in [0.15, 0.2) is 35.7 Å². The maximum absolute atomic E-state index is 12.1. The molecule has 1 aliphatic heterocycles. The summed E-state index contributed by atoms with van der Waals surface area (Å²) in [7, 11) is 0. The number of benzene rings is 1. The molecule has 0 aliphatic carbocycles. The molecule has 116 valence electrons. The van der Waals surface area contributed by atoms with Crippen molar-refractivity contribution in [1.82, 2.24) is 10.3 Å². The zero-order valence-electron chi connectivity index (χ0n) is 12.2. The average Bonchev–Trinajstić information content (AvgIpc) is 3.03. The lowest BCUT2D eigenvalue weighted by Gasteiger charge is -2.22. The van der Waals surface area contributed by atoms with Gasteiger partial charge in [-0.05, 0) is 12.0 Å². The Morgan fingerprint density at radius 3 is 3.00 bits per heavy atom. The van der Waals surface area contributed by atoms with Gasteiger partial charge < -0.3 is 14.8 Å². The van der Waals surface area contributed by atoms with Gasteiger partial charge in [-0.15, -0.1) is 11.3 Å². The first-order valence-electron chi connectivity index (χ1n) is 7.27. The van der Waals surface area contributed by atoms with Crippen LogP contribution in [0, 0.1) is 0 Å². The molecule has 5 nitrogen and oxygen atoms in total. The van der Waals surface area contributed by atoms with Crippen LogP contribution in [0.25, 0.3) is 0 Å². The Morgan fingerprint density at radius 2 is 2.23 bits per heavy atom. The predicted octanol–water partition coefficient (Wildman–Crippen LogP) is 2.23. The van der Waals surface area contributed by atoms with Crippen molar-refractivity contribution in [2.45, 2.75) is 18.9 Å². The molecule has 0 spiro atoms. The Morgan fingerprint density at radius 1 is 1.36 bits per heavy atom. The number of carbonyl (C=O) groups excluding carboxylic acids is 1. The Kier molecular flexibility index (Phi) is 5.15. The Hall–Kier alpha value is -1.76. The molecule has 1 saturated heterocycles. The molecule has 0 saturated carbocycles. The van der Waals surface area contributed by atoms with E-state index in [4.69, 9.17) is 9.47 Å². The predicted molar refractivity (Wildman–Crippen MR) is 84.0 cm³/mol. The molecular weight excluding hydrogens is 300 g/mol. The molecule has 1 amide bonds. The third-order valence-electron chi connectivity index (χ3n) is 3.44. The number of rotatable bonds is 5. The molecule has 2 heterocycles. The molecule has 1 atom stereocenters. The zero-order chi connectivity index (χ0) is 15.2. The second-order valence-corrected chi connectivity index (χ2v) is 6.04. The van der Waals surface area contributed by atoms with Crippen molar-refractivity contribution in [3.05, 3.63) is 52.0 Å². The van der Waals surface area contributed by atoms with Gasteiger partial charge in [0.15, 0.2) is 0 Å². The van der Waals surface area contributed by atoms with E-state index in [9.17, 15) is 4.79 Å². The van der Waals surface area contributed by atoms with E-state index in [1.54, 1.807) is 5.38 Å². The number of thiazole rings is 1. The van der Waals surface area contributed by atoms with Gasteiger partial charge in [0.05, 0.1) is 17.7 Å². The second-order valence-electron chi connectivity index (χ2n) is 5.10. The molecule has 22 heavy (non-hydrogen) atoms. The van der Waals surface area contributed by atoms with E-state index in [-0.39, 0.29) is 12.0 Å². The van der Waals surface area contributed by atoms with Crippen LogP contribution in [0.3, 0.4) is 0 Å². The van der Waals surface area contributed by atoms with Crippen molar-refractivity contribution in [3.8, 4) is 0 Å². The molecule has 1 unspecified atom stereocenters. The van der Waals surface area contributed by atoms with Gasteiger partial charge in [0.1, 0.15) is 12.5 Å². The van der Waals surface area contributed by atoms with Crippen LogP contribution < -0.4 is 5.32 Å². The third-order valence-corrected chi connectivity index (χ3v) is 4.29. The number of hydrogen-bond donors (Lipinski definition) is 1. The fourth-order valence-electron chi connectivity index (χ4n) is 2.23. The Bertz CT molecular complexity index is 609. The van der Waals surface area contributed by atoms with Crippen molar-refractivity contribution >= 4 is 17.2 Å². The first kappa shape index (κ1) is 15.1. The standard InChI is InChI=1S/C16H18N2O3S/c19-16(17-9-13-6-7-20-11-21-13)14-10-22-15(18-14)8-12-4-2-1-3-5-12/h1-5,10,13H,6-9,11H2,(H,17,19). The number of carbonyl (C=O) groups is 1. The summed E-state index contributed by atoms with van der Waals surface area (Å²) in [5.74, 6) is -0.148. The van der Waals surface area contributed by atoms with Crippen LogP contribution in [-0.2, 0) is 15.9 Å². The second kappa shape index (κ2) is 7.49. The van der Waals surface area contributed by atoms with Crippen LogP contribution in [0.2, 0.25) is 0 Å². The summed E-state index contributed by atoms with van der Waals surface area (Å²) in [6.07, 6.45) is 1.58. The minimum Gasteiger partial charge on any atom is -0.355 e. The molecule has 1 aliphatic rings. The number of aromatic nitrogens is 1. The van der Waals surface area contributed by atoms with Crippen molar-refractivity contribution < 1.29 is 14.3 Å². The topological polar surface area (TPSA) is 60.5 Å². The van der Waals surface area contributed by atoms with E-state index in [2.05, 4.69) is 22.4 Å². The number of nitrogens with one attached hydrogen (secondary N) is 1. The lowest BCUT2D eigenvalue weighted by Crippen LogP contribution is -2.37. The van der Waals surface area contributed by atoms with E-state index in [0.29, 0.717) is 25.6 Å². The first-order chi connectivity index (χ1) is 10.8. The smallest absolute Gasteiger partial charge is 0.270 e. The highest BCUT2D eigenvalue weighted by Gasteiger charge is 2.17. The zero-order valence-corrected chi connectivity index (χ0v) is 13.0. The average molecular weight is 318 g/mol. The summed E-state index contributed by atoms with van der Waals surface area (Å²) in [5, 5.41) is 5.62. The third kappa shape index (κ3) is 4.13. The highest BCUT2D eigenvalue weighted by atomic mass is 32.1. The van der Waals surface area contributed by atoms with Crippen molar-refractivity contribution in [1.29, 1.82) is 0 Å². The van der Waals surface area contributed by atoms with Gasteiger partial charge >= 0.3 is 0 Å². The summed E-state index contributed by atoms with van der Waals surface area (Å²) in [6, 6.07) is 10.1. The van der Waals surface area contributed by atoms with Crippen molar-refractivity contribution in [3.63, 3.8) is 0 Å². The van der Waals surface area contributed by atoms with Gasteiger partial charge in [0.2, 0.25) is 0 Å². The summed E-state index contributed by atoms with van der Waals surface area (Å²) in [6.45, 7) is 1.48. The fourth-order valence-corrected chi connectivity index (χ4v) is 3.03. The van der Waals surface area contributed by atoms with Crippen LogP contribution >= 0.6 is 11.3 Å². The highest BCUT2D eigenvalue weighted by molar-refractivity contribution is 7.09. The fraction of sp³-hybridized carbons (Fsp3) is 0.375. The lowest BCUT2D eigenvalue weighted by molar-refractivity contribution is -0.136. The SMILES string of the molecule is O=C(NCC1CCOCO1)c1csc(Cc2ccccc2)n1. The highest BCUT2D eigenvalue weighted by Crippen LogP contribution is 2.15. The maximum atomic E-state index is 12.1. The largest absolute Gasteiger partial charge is 0.355 e. The van der Waals surface area contributed by atoms with E-state index in [1.807, 2.05) is 18.2 Å². The van der Waals surface area contributed by atoms with Gasteiger partial charge in [0.25, 0.3) is 5.91 Å². The summed E-state index contributed by atoms with van der Waals surface area (Å²) in [5.41, 5.74) is 1.67. The number of hydrogen-bond acceptors (Lipinski definition) is 5. The summed E-state index contributed by atoms with van der Waals surface area (Å²) in [4.78, 5) is 16.5. The van der Waals surface area contributed by atoms with E-state index < -0.39 is 0 Å². The normalized spacial score (nSPS) is 18.1. The molecule has 0 radical (unpaired) electrons. The van der Waals surface area contributed by atoms with Crippen LogP contribution in [0.4, 0.5) is 0 Å². The lowest BCUT2D eigenvalue weighted by atomic mass is 10.2. The quantitative estimate of drug-likeness (QED) is 0.918. The van der Waals surface area contributed by atoms with E-state index in [1.165, 1.54) is 16.9 Å². The minimum absolute atomic E-state index is 0.0279. The summed E-state index contributed by atoms with van der Waals surface area (Å²) < 4.78 is 10.5. The minimum atomic E-state index is -0.148. The number of ether oxygens (including phenoxy) is 2. The van der Waals surface area contributed by atoms with E-state index in [0.717, 1.165) is 17.8 Å². The maximum Gasteiger partial charge on any atom is 0.270 e. The molecule has 1 aromatic heterocycles. The number of nitrogens with zero attached hydrogens (tertiary/aromatic N) is 1. The molecular formula is C16H18N2O3S. The van der Waals surface area contributed by atoms with Gasteiger partial charge in [-0.2, -0.15) is 0 Å². The Balaban J connectivity index is 1.52. The van der Waals surface area contributed by atoms with Crippen LogP contribution in [-0.4, -0.2) is 36.9 Å². The first-order valence-corrected chi connectivity index (χ1v) is 8.15. The molecule has 6 heteroatoms. The summed E-state index contributed by atoms with van der Waals surface area (Å²) >= 11 is 1.51. The van der Waals surface area contributed by atoms with Crippen molar-refractivity contribution in [2.75, 3.05) is 19.9 Å². The molecule has 0 bridgehead atoms. The molecule has 1 fully saturated rings. The van der Waals surface area contributed by atoms with Gasteiger partial charge in [-0.25, -0.2) is 4.98 Å². The monoisotopic (exact) mass is 318 g/mol. The molecule has 2 aromatic rings. The molecule has 1 N–H and O–H groups in total. The van der Waals surface area contributed by atoms with E-state index >= 15 is 0 Å². The van der Waals surface area contributed by atoms with Gasteiger partial charge in [-0.3, -0.25) is 4.79 Å². The van der Waals surface area contributed by atoms with Gasteiger partial charge in [-0.1, -0.05) is 30.3 Å². The Labute approximate surface area is 133 Å². The molecule has 3 rings (SSSR count). The van der Waals surface area contributed by atoms with Crippen LogP contribution in [0.1, 0.15) is 27.5 Å². The number of amides is 1. The molecule has 1 aromatic carbocycles. The van der Waals surface area contributed by atoms with Crippen LogP contribution in [0.5, 0.6) is 0 Å². The van der Waals surface area contributed by atoms with Gasteiger partial charge in [0, 0.05) is 18.3 Å². The van der Waals surface area contributed by atoms with Crippen molar-refractivity contribution in [2.24, 2.45) is 0 Å².